The van der Waals surface area contributed by atoms with Crippen molar-refractivity contribution in [2.24, 2.45) is 0 Å². The average molecular weight is 327 g/mol. The van der Waals surface area contributed by atoms with Crippen LogP contribution in [0.3, 0.4) is 0 Å². The highest BCUT2D eigenvalue weighted by Gasteiger charge is 2.17. The van der Waals surface area contributed by atoms with Gasteiger partial charge in [-0.05, 0) is 40.2 Å². The van der Waals surface area contributed by atoms with Gasteiger partial charge in [0.1, 0.15) is 11.6 Å². The fourth-order valence-corrected chi connectivity index (χ4v) is 2.01. The topological polar surface area (TPSA) is 59.5 Å². The van der Waals surface area contributed by atoms with Crippen LogP contribution in [0.1, 0.15) is 16.1 Å². The molecule has 0 saturated heterocycles. The Labute approximate surface area is 118 Å². The molecular formula is C13H12BrFN2O2. The van der Waals surface area contributed by atoms with Gasteiger partial charge in [-0.25, -0.2) is 4.39 Å². The molecule has 1 amide bonds. The first kappa shape index (κ1) is 13.6. The van der Waals surface area contributed by atoms with Crippen molar-refractivity contribution in [1.29, 1.82) is 0 Å². The Hall–Kier alpha value is -1.82. The van der Waals surface area contributed by atoms with Gasteiger partial charge in [0.05, 0.1) is 17.8 Å². The lowest BCUT2D eigenvalue weighted by Crippen LogP contribution is -2.27. The Morgan fingerprint density at radius 3 is 2.79 bits per heavy atom. The average Bonchev–Trinajstić information content (AvgIpc) is 2.77. The number of nitrogen functional groups attached to an aromatic ring is 1. The minimum absolute atomic E-state index is 0.139. The van der Waals surface area contributed by atoms with E-state index in [1.807, 2.05) is 0 Å². The maximum atomic E-state index is 13.3. The summed E-state index contributed by atoms with van der Waals surface area (Å²) in [4.78, 5) is 13.6. The first-order chi connectivity index (χ1) is 8.99. The molecule has 2 N–H and O–H groups in total. The number of amides is 1. The Bertz CT molecular complexity index is 612. The highest BCUT2D eigenvalue weighted by molar-refractivity contribution is 9.10. The van der Waals surface area contributed by atoms with Crippen LogP contribution in [0.25, 0.3) is 0 Å². The van der Waals surface area contributed by atoms with Crippen molar-refractivity contribution in [3.05, 3.63) is 52.1 Å². The highest BCUT2D eigenvalue weighted by Crippen LogP contribution is 2.19. The zero-order valence-electron chi connectivity index (χ0n) is 10.2. The van der Waals surface area contributed by atoms with Crippen molar-refractivity contribution in [3.63, 3.8) is 0 Å². The SMILES string of the molecule is CN(Cc1ccc(Br)o1)C(=O)c1cccc(F)c1N. The molecule has 1 aromatic heterocycles. The molecule has 4 nitrogen and oxygen atoms in total. The summed E-state index contributed by atoms with van der Waals surface area (Å²) in [5, 5.41) is 0. The Morgan fingerprint density at radius 1 is 1.42 bits per heavy atom. The first-order valence-electron chi connectivity index (χ1n) is 5.52. The Balaban J connectivity index is 2.17. The molecule has 0 radical (unpaired) electrons. The van der Waals surface area contributed by atoms with E-state index in [0.717, 1.165) is 0 Å². The van der Waals surface area contributed by atoms with Crippen molar-refractivity contribution < 1.29 is 13.6 Å². The smallest absolute Gasteiger partial charge is 0.256 e. The molecule has 19 heavy (non-hydrogen) atoms. The molecule has 0 spiro atoms. The molecule has 0 aliphatic heterocycles. The van der Waals surface area contributed by atoms with E-state index in [1.165, 1.54) is 23.1 Å². The lowest BCUT2D eigenvalue weighted by molar-refractivity contribution is 0.0775. The van der Waals surface area contributed by atoms with E-state index in [0.29, 0.717) is 10.4 Å². The zero-order chi connectivity index (χ0) is 14.0. The number of nitrogens with two attached hydrogens (primary N) is 1. The predicted octanol–water partition coefficient (Wildman–Crippen LogP) is 3.04. The summed E-state index contributed by atoms with van der Waals surface area (Å²) < 4.78 is 19.2. The number of anilines is 1. The van der Waals surface area contributed by atoms with Crippen LogP contribution in [0, 0.1) is 5.82 Å². The van der Waals surface area contributed by atoms with Gasteiger partial charge < -0.3 is 15.1 Å². The van der Waals surface area contributed by atoms with Gasteiger partial charge in [0.2, 0.25) is 0 Å². The van der Waals surface area contributed by atoms with E-state index in [9.17, 15) is 9.18 Å². The fourth-order valence-electron chi connectivity index (χ4n) is 1.67. The van der Waals surface area contributed by atoms with Crippen LogP contribution >= 0.6 is 15.9 Å². The number of benzene rings is 1. The molecule has 1 heterocycles. The molecule has 0 unspecified atom stereocenters. The number of carbonyl (C=O) groups excluding carboxylic acids is 1. The van der Waals surface area contributed by atoms with Crippen LogP contribution < -0.4 is 5.73 Å². The number of rotatable bonds is 3. The summed E-state index contributed by atoms with van der Waals surface area (Å²) in [7, 11) is 1.60. The third-order valence-electron chi connectivity index (χ3n) is 2.65. The molecule has 0 aliphatic rings. The van der Waals surface area contributed by atoms with Crippen LogP contribution in [-0.2, 0) is 6.54 Å². The first-order valence-corrected chi connectivity index (χ1v) is 6.32. The van der Waals surface area contributed by atoms with E-state index in [-0.39, 0.29) is 23.7 Å². The Kier molecular flexibility index (Phi) is 3.90. The second kappa shape index (κ2) is 5.44. The number of nitrogens with zero attached hydrogens (tertiary/aromatic N) is 1. The number of furan rings is 1. The van der Waals surface area contributed by atoms with E-state index in [2.05, 4.69) is 15.9 Å². The van der Waals surface area contributed by atoms with Gasteiger partial charge >= 0.3 is 0 Å². The summed E-state index contributed by atoms with van der Waals surface area (Å²) in [5.41, 5.74) is 5.57. The fraction of sp³-hybridized carbons (Fsp3) is 0.154. The minimum atomic E-state index is -0.597. The maximum Gasteiger partial charge on any atom is 0.256 e. The molecule has 2 rings (SSSR count). The normalized spacial score (nSPS) is 10.5. The highest BCUT2D eigenvalue weighted by atomic mass is 79.9. The summed E-state index contributed by atoms with van der Waals surface area (Å²) in [6.45, 7) is 0.278. The Morgan fingerprint density at radius 2 is 2.16 bits per heavy atom. The summed E-state index contributed by atoms with van der Waals surface area (Å²) in [5.74, 6) is -0.331. The predicted molar refractivity (Wildman–Crippen MR) is 73.0 cm³/mol. The van der Waals surface area contributed by atoms with E-state index < -0.39 is 5.82 Å². The maximum absolute atomic E-state index is 13.3. The molecule has 0 fully saturated rings. The number of para-hydroxylation sites is 1. The monoisotopic (exact) mass is 326 g/mol. The van der Waals surface area contributed by atoms with Crippen molar-refractivity contribution >= 4 is 27.5 Å². The van der Waals surface area contributed by atoms with Crippen molar-refractivity contribution in [3.8, 4) is 0 Å². The van der Waals surface area contributed by atoms with E-state index in [4.69, 9.17) is 10.2 Å². The van der Waals surface area contributed by atoms with Crippen LogP contribution in [0.4, 0.5) is 10.1 Å². The molecule has 100 valence electrons. The van der Waals surface area contributed by atoms with Crippen molar-refractivity contribution in [1.82, 2.24) is 4.90 Å². The van der Waals surface area contributed by atoms with Crippen LogP contribution in [0.2, 0.25) is 0 Å². The van der Waals surface area contributed by atoms with E-state index >= 15 is 0 Å². The summed E-state index contributed by atoms with van der Waals surface area (Å²) in [6.07, 6.45) is 0. The standard InChI is InChI=1S/C13H12BrFN2O2/c1-17(7-8-5-6-11(14)19-8)13(18)9-3-2-4-10(15)12(9)16/h2-6H,7,16H2,1H3. The van der Waals surface area contributed by atoms with Gasteiger partial charge in [-0.15, -0.1) is 0 Å². The zero-order valence-corrected chi connectivity index (χ0v) is 11.8. The van der Waals surface area contributed by atoms with Crippen LogP contribution in [0.15, 0.2) is 39.4 Å². The molecule has 0 bridgehead atoms. The molecule has 2 aromatic rings. The number of halogens is 2. The molecule has 0 saturated carbocycles. The number of hydrogen-bond acceptors (Lipinski definition) is 3. The van der Waals surface area contributed by atoms with Crippen molar-refractivity contribution in [2.45, 2.75) is 6.54 Å². The summed E-state index contributed by atoms with van der Waals surface area (Å²) in [6, 6.07) is 7.66. The van der Waals surface area contributed by atoms with Gasteiger partial charge in [0.25, 0.3) is 5.91 Å². The second-order valence-electron chi connectivity index (χ2n) is 4.07. The molecule has 0 atom stereocenters. The van der Waals surface area contributed by atoms with Crippen LogP contribution in [0.5, 0.6) is 0 Å². The molecule has 0 aliphatic carbocycles. The van der Waals surface area contributed by atoms with E-state index in [1.54, 1.807) is 19.2 Å². The van der Waals surface area contributed by atoms with Gasteiger partial charge in [-0.1, -0.05) is 6.07 Å². The second-order valence-corrected chi connectivity index (χ2v) is 4.85. The minimum Gasteiger partial charge on any atom is -0.452 e. The number of hydrogen-bond donors (Lipinski definition) is 1. The van der Waals surface area contributed by atoms with Gasteiger partial charge in [0.15, 0.2) is 4.67 Å². The largest absolute Gasteiger partial charge is 0.452 e. The van der Waals surface area contributed by atoms with Gasteiger partial charge in [-0.3, -0.25) is 4.79 Å². The lowest BCUT2D eigenvalue weighted by atomic mass is 10.1. The summed E-state index contributed by atoms with van der Waals surface area (Å²) >= 11 is 3.19. The quantitative estimate of drug-likeness (QED) is 0.882. The molecule has 1 aromatic carbocycles. The van der Waals surface area contributed by atoms with Crippen molar-refractivity contribution in [2.75, 3.05) is 12.8 Å². The molecule has 6 heteroatoms. The molecular weight excluding hydrogens is 315 g/mol. The van der Waals surface area contributed by atoms with Crippen LogP contribution in [-0.4, -0.2) is 17.9 Å². The van der Waals surface area contributed by atoms with Gasteiger partial charge in [0, 0.05) is 7.05 Å². The van der Waals surface area contributed by atoms with Gasteiger partial charge in [-0.2, -0.15) is 0 Å². The third-order valence-corrected chi connectivity index (χ3v) is 3.08. The number of carbonyl (C=O) groups is 1. The third kappa shape index (κ3) is 2.96. The lowest BCUT2D eigenvalue weighted by Gasteiger charge is -2.17.